The molecular formula is C15H12ClN3O. The maximum absolute atomic E-state index is 11.9. The van der Waals surface area contributed by atoms with Crippen LogP contribution in [0.25, 0.3) is 0 Å². The van der Waals surface area contributed by atoms with Crippen molar-refractivity contribution in [3.8, 4) is 6.07 Å². The molecule has 0 saturated carbocycles. The summed E-state index contributed by atoms with van der Waals surface area (Å²) in [5.41, 5.74) is 7.73. The average molecular weight is 286 g/mol. The van der Waals surface area contributed by atoms with Gasteiger partial charge < -0.3 is 11.1 Å². The average Bonchev–Trinajstić information content (AvgIpc) is 2.43. The Morgan fingerprint density at radius 2 is 1.95 bits per heavy atom. The van der Waals surface area contributed by atoms with Crippen LogP contribution in [-0.2, 0) is 11.2 Å². The van der Waals surface area contributed by atoms with Gasteiger partial charge in [0.2, 0.25) is 5.91 Å². The number of nitrogens with zero attached hydrogens (tertiary/aromatic N) is 1. The summed E-state index contributed by atoms with van der Waals surface area (Å²) in [7, 11) is 0. The van der Waals surface area contributed by atoms with Crippen LogP contribution in [0.15, 0.2) is 42.5 Å². The minimum absolute atomic E-state index is 0.200. The minimum Gasteiger partial charge on any atom is -0.399 e. The Labute approximate surface area is 121 Å². The fourth-order valence-corrected chi connectivity index (χ4v) is 1.87. The molecule has 0 unspecified atom stereocenters. The second-order valence-corrected chi connectivity index (χ2v) is 4.70. The quantitative estimate of drug-likeness (QED) is 0.851. The molecule has 5 heteroatoms. The second-order valence-electron chi connectivity index (χ2n) is 4.27. The van der Waals surface area contributed by atoms with Crippen LogP contribution in [0.3, 0.4) is 0 Å². The van der Waals surface area contributed by atoms with Crippen molar-refractivity contribution in [3.05, 3.63) is 58.6 Å². The number of hydrogen-bond acceptors (Lipinski definition) is 3. The van der Waals surface area contributed by atoms with Crippen molar-refractivity contribution in [1.29, 1.82) is 5.26 Å². The van der Waals surface area contributed by atoms with Gasteiger partial charge in [-0.2, -0.15) is 5.26 Å². The van der Waals surface area contributed by atoms with Gasteiger partial charge in [0.05, 0.1) is 17.7 Å². The van der Waals surface area contributed by atoms with Crippen LogP contribution in [0.1, 0.15) is 11.1 Å². The van der Waals surface area contributed by atoms with Crippen molar-refractivity contribution in [2.75, 3.05) is 11.1 Å². The number of benzene rings is 2. The third kappa shape index (κ3) is 3.50. The van der Waals surface area contributed by atoms with Gasteiger partial charge in [-0.3, -0.25) is 4.79 Å². The number of nitrogen functional groups attached to an aromatic ring is 1. The van der Waals surface area contributed by atoms with E-state index in [9.17, 15) is 4.79 Å². The number of carbonyl (C=O) groups is 1. The van der Waals surface area contributed by atoms with E-state index >= 15 is 0 Å². The Kier molecular flexibility index (Phi) is 4.24. The van der Waals surface area contributed by atoms with E-state index in [-0.39, 0.29) is 12.3 Å². The van der Waals surface area contributed by atoms with Gasteiger partial charge in [0.1, 0.15) is 6.07 Å². The standard InChI is InChI=1S/C15H12ClN3O/c16-12-3-1-10(2-4-12)7-15(20)19-14-6-5-13(18)8-11(14)9-17/h1-6,8H,7,18H2,(H,19,20). The molecule has 100 valence electrons. The predicted octanol–water partition coefficient (Wildman–Crippen LogP) is 2.98. The molecule has 2 rings (SSSR count). The number of hydrogen-bond donors (Lipinski definition) is 2. The first kappa shape index (κ1) is 13.9. The molecule has 0 atom stereocenters. The first-order valence-corrected chi connectivity index (χ1v) is 6.30. The molecule has 0 fully saturated rings. The summed E-state index contributed by atoms with van der Waals surface area (Å²) in [6.07, 6.45) is 0.215. The van der Waals surface area contributed by atoms with Crippen molar-refractivity contribution in [3.63, 3.8) is 0 Å². The number of anilines is 2. The molecule has 0 aliphatic rings. The van der Waals surface area contributed by atoms with Gasteiger partial charge >= 0.3 is 0 Å². The van der Waals surface area contributed by atoms with Crippen molar-refractivity contribution in [2.45, 2.75) is 6.42 Å². The third-order valence-electron chi connectivity index (χ3n) is 2.72. The molecule has 2 aromatic rings. The molecule has 20 heavy (non-hydrogen) atoms. The summed E-state index contributed by atoms with van der Waals surface area (Å²) < 4.78 is 0. The topological polar surface area (TPSA) is 78.9 Å². The summed E-state index contributed by atoms with van der Waals surface area (Å²) in [4.78, 5) is 11.9. The second kappa shape index (κ2) is 6.09. The van der Waals surface area contributed by atoms with Crippen LogP contribution in [0.5, 0.6) is 0 Å². The third-order valence-corrected chi connectivity index (χ3v) is 2.97. The lowest BCUT2D eigenvalue weighted by Crippen LogP contribution is -2.15. The summed E-state index contributed by atoms with van der Waals surface area (Å²) in [5.74, 6) is -0.200. The van der Waals surface area contributed by atoms with E-state index in [1.165, 1.54) is 6.07 Å². The van der Waals surface area contributed by atoms with E-state index in [0.717, 1.165) is 5.56 Å². The van der Waals surface area contributed by atoms with Gasteiger partial charge in [-0.05, 0) is 35.9 Å². The van der Waals surface area contributed by atoms with Gasteiger partial charge in [0.25, 0.3) is 0 Å². The highest BCUT2D eigenvalue weighted by Gasteiger charge is 2.08. The lowest BCUT2D eigenvalue weighted by Gasteiger charge is -2.08. The zero-order chi connectivity index (χ0) is 14.5. The molecule has 0 spiro atoms. The molecule has 1 amide bonds. The van der Waals surface area contributed by atoms with E-state index in [0.29, 0.717) is 22.0 Å². The van der Waals surface area contributed by atoms with Gasteiger partial charge in [0, 0.05) is 10.7 Å². The summed E-state index contributed by atoms with van der Waals surface area (Å²) in [6, 6.07) is 13.8. The smallest absolute Gasteiger partial charge is 0.228 e. The minimum atomic E-state index is -0.200. The van der Waals surface area contributed by atoms with Gasteiger partial charge in [-0.25, -0.2) is 0 Å². The molecule has 2 aromatic carbocycles. The van der Waals surface area contributed by atoms with E-state index in [1.54, 1.807) is 36.4 Å². The number of halogens is 1. The fourth-order valence-electron chi connectivity index (χ4n) is 1.75. The SMILES string of the molecule is N#Cc1cc(N)ccc1NC(=O)Cc1ccc(Cl)cc1. The van der Waals surface area contributed by atoms with Crippen LogP contribution in [0.4, 0.5) is 11.4 Å². The Morgan fingerprint density at radius 3 is 2.60 bits per heavy atom. The van der Waals surface area contributed by atoms with Crippen molar-refractivity contribution >= 4 is 28.9 Å². The number of nitriles is 1. The number of nitrogens with two attached hydrogens (primary N) is 1. The molecule has 0 bridgehead atoms. The molecule has 4 nitrogen and oxygen atoms in total. The normalized spacial score (nSPS) is 9.80. The zero-order valence-electron chi connectivity index (χ0n) is 10.6. The maximum Gasteiger partial charge on any atom is 0.228 e. The summed E-state index contributed by atoms with van der Waals surface area (Å²) >= 11 is 5.78. The van der Waals surface area contributed by atoms with Crippen LogP contribution in [0.2, 0.25) is 5.02 Å². The lowest BCUT2D eigenvalue weighted by molar-refractivity contribution is -0.115. The lowest BCUT2D eigenvalue weighted by atomic mass is 10.1. The van der Waals surface area contributed by atoms with E-state index in [1.807, 2.05) is 6.07 Å². The largest absolute Gasteiger partial charge is 0.399 e. The highest BCUT2D eigenvalue weighted by molar-refractivity contribution is 6.30. The van der Waals surface area contributed by atoms with Crippen LogP contribution in [0, 0.1) is 11.3 Å². The molecule has 0 radical (unpaired) electrons. The monoisotopic (exact) mass is 285 g/mol. The van der Waals surface area contributed by atoms with Crippen LogP contribution >= 0.6 is 11.6 Å². The van der Waals surface area contributed by atoms with Gasteiger partial charge in [-0.1, -0.05) is 23.7 Å². The number of amides is 1. The zero-order valence-corrected chi connectivity index (χ0v) is 11.3. The van der Waals surface area contributed by atoms with Crippen molar-refractivity contribution in [2.24, 2.45) is 0 Å². The number of nitrogens with one attached hydrogen (secondary N) is 1. The van der Waals surface area contributed by atoms with E-state index in [4.69, 9.17) is 22.6 Å². The molecule has 0 aromatic heterocycles. The maximum atomic E-state index is 11.9. The Hall–Kier alpha value is -2.51. The number of carbonyl (C=O) groups excluding carboxylic acids is 1. The molecule has 0 saturated heterocycles. The molecule has 0 heterocycles. The van der Waals surface area contributed by atoms with Crippen LogP contribution in [-0.4, -0.2) is 5.91 Å². The highest BCUT2D eigenvalue weighted by Crippen LogP contribution is 2.18. The summed E-state index contributed by atoms with van der Waals surface area (Å²) in [6.45, 7) is 0. The van der Waals surface area contributed by atoms with Crippen molar-refractivity contribution < 1.29 is 4.79 Å². The highest BCUT2D eigenvalue weighted by atomic mass is 35.5. The van der Waals surface area contributed by atoms with Gasteiger partial charge in [-0.15, -0.1) is 0 Å². The fraction of sp³-hybridized carbons (Fsp3) is 0.0667. The molecule has 0 aliphatic carbocycles. The Morgan fingerprint density at radius 1 is 1.25 bits per heavy atom. The molecular weight excluding hydrogens is 274 g/mol. The number of rotatable bonds is 3. The summed E-state index contributed by atoms with van der Waals surface area (Å²) in [5, 5.41) is 12.3. The molecule has 0 aliphatic heterocycles. The first-order valence-electron chi connectivity index (χ1n) is 5.92. The molecule has 3 N–H and O–H groups in total. The van der Waals surface area contributed by atoms with E-state index < -0.39 is 0 Å². The Balaban J connectivity index is 2.09. The van der Waals surface area contributed by atoms with Gasteiger partial charge in [0.15, 0.2) is 0 Å². The first-order chi connectivity index (χ1) is 9.58. The van der Waals surface area contributed by atoms with E-state index in [2.05, 4.69) is 5.32 Å². The predicted molar refractivity (Wildman–Crippen MR) is 79.4 cm³/mol. The van der Waals surface area contributed by atoms with Crippen molar-refractivity contribution in [1.82, 2.24) is 0 Å². The Bertz CT molecular complexity index is 675. The van der Waals surface area contributed by atoms with Crippen LogP contribution < -0.4 is 11.1 Å².